The number of ether oxygens (including phenoxy) is 1. The third-order valence-corrected chi connectivity index (χ3v) is 4.03. The summed E-state index contributed by atoms with van der Waals surface area (Å²) in [4.78, 5) is 12.1. The van der Waals surface area contributed by atoms with Gasteiger partial charge in [0.1, 0.15) is 12.6 Å². The van der Waals surface area contributed by atoms with E-state index in [-0.39, 0.29) is 12.1 Å². The van der Waals surface area contributed by atoms with Crippen molar-refractivity contribution < 1.29 is 14.0 Å². The molecule has 1 rings (SSSR count). The first-order valence-electron chi connectivity index (χ1n) is 8.18. The average molecular weight is 292 g/mol. The van der Waals surface area contributed by atoms with Gasteiger partial charge >= 0.3 is 5.97 Å². The summed E-state index contributed by atoms with van der Waals surface area (Å²) in [5, 5.41) is 0. The van der Waals surface area contributed by atoms with Crippen LogP contribution in [0, 0.1) is 0 Å². The van der Waals surface area contributed by atoms with Crippen LogP contribution in [0.15, 0.2) is 30.3 Å². The third-order valence-electron chi connectivity index (χ3n) is 4.03. The van der Waals surface area contributed by atoms with Gasteiger partial charge in [-0.15, -0.1) is 0 Å². The molecule has 0 N–H and O–H groups in total. The summed E-state index contributed by atoms with van der Waals surface area (Å²) < 4.78 is 6.67. The molecule has 0 spiro atoms. The Hall–Kier alpha value is -1.35. The SMILES string of the molecule is CCC[N+](CC)(CCC)CC(C)OC(=O)c1ccccc1. The van der Waals surface area contributed by atoms with Crippen molar-refractivity contribution in [3.8, 4) is 0 Å². The summed E-state index contributed by atoms with van der Waals surface area (Å²) in [6, 6.07) is 9.23. The van der Waals surface area contributed by atoms with E-state index in [0.717, 1.165) is 43.5 Å². The minimum absolute atomic E-state index is 0.0595. The molecule has 0 heterocycles. The first kappa shape index (κ1) is 17.7. The predicted octanol–water partition coefficient (Wildman–Crippen LogP) is 3.89. The maximum Gasteiger partial charge on any atom is 0.338 e. The van der Waals surface area contributed by atoms with Crippen molar-refractivity contribution in [1.29, 1.82) is 0 Å². The van der Waals surface area contributed by atoms with Crippen molar-refractivity contribution in [3.63, 3.8) is 0 Å². The first-order valence-corrected chi connectivity index (χ1v) is 8.18. The number of hydrogen-bond acceptors (Lipinski definition) is 2. The molecule has 1 atom stereocenters. The molecule has 0 fully saturated rings. The molecule has 0 aliphatic heterocycles. The Morgan fingerprint density at radius 1 is 1.10 bits per heavy atom. The predicted molar refractivity (Wildman–Crippen MR) is 87.3 cm³/mol. The third kappa shape index (κ3) is 5.50. The lowest BCUT2D eigenvalue weighted by atomic mass is 10.2. The number of rotatable bonds is 9. The van der Waals surface area contributed by atoms with Gasteiger partial charge in [-0.25, -0.2) is 4.79 Å². The first-order chi connectivity index (χ1) is 10.1. The smallest absolute Gasteiger partial charge is 0.338 e. The summed E-state index contributed by atoms with van der Waals surface area (Å²) in [7, 11) is 0. The molecule has 0 bridgehead atoms. The lowest BCUT2D eigenvalue weighted by Gasteiger charge is -2.39. The maximum atomic E-state index is 12.1. The fourth-order valence-corrected chi connectivity index (χ4v) is 3.10. The molecule has 0 amide bonds. The van der Waals surface area contributed by atoms with Crippen molar-refractivity contribution in [2.75, 3.05) is 26.2 Å². The lowest BCUT2D eigenvalue weighted by molar-refractivity contribution is -0.929. The van der Waals surface area contributed by atoms with Crippen LogP contribution in [0.5, 0.6) is 0 Å². The van der Waals surface area contributed by atoms with Crippen molar-refractivity contribution >= 4 is 5.97 Å². The number of benzene rings is 1. The zero-order chi connectivity index (χ0) is 15.7. The van der Waals surface area contributed by atoms with Crippen LogP contribution in [-0.4, -0.2) is 42.7 Å². The molecule has 3 heteroatoms. The van der Waals surface area contributed by atoms with Gasteiger partial charge in [0.25, 0.3) is 0 Å². The molecular weight excluding hydrogens is 262 g/mol. The molecule has 0 aliphatic carbocycles. The Labute approximate surface area is 129 Å². The normalized spacial score (nSPS) is 13.0. The van der Waals surface area contributed by atoms with Crippen molar-refractivity contribution in [2.45, 2.75) is 46.6 Å². The summed E-state index contributed by atoms with van der Waals surface area (Å²) in [5.74, 6) is -0.217. The molecule has 0 saturated heterocycles. The second-order valence-corrected chi connectivity index (χ2v) is 5.87. The van der Waals surface area contributed by atoms with Crippen molar-refractivity contribution in [1.82, 2.24) is 0 Å². The topological polar surface area (TPSA) is 26.3 Å². The fourth-order valence-electron chi connectivity index (χ4n) is 3.10. The van der Waals surface area contributed by atoms with Gasteiger partial charge in [-0.2, -0.15) is 0 Å². The van der Waals surface area contributed by atoms with Gasteiger partial charge in [-0.1, -0.05) is 32.0 Å². The molecule has 3 nitrogen and oxygen atoms in total. The highest BCUT2D eigenvalue weighted by Gasteiger charge is 2.27. The zero-order valence-electron chi connectivity index (χ0n) is 14.0. The average Bonchev–Trinajstić information content (AvgIpc) is 2.48. The summed E-state index contributed by atoms with van der Waals surface area (Å²) in [6.07, 6.45) is 2.26. The van der Waals surface area contributed by atoms with E-state index in [0.29, 0.717) is 5.56 Å². The van der Waals surface area contributed by atoms with Crippen LogP contribution in [-0.2, 0) is 4.74 Å². The fraction of sp³-hybridized carbons (Fsp3) is 0.611. The number of nitrogens with zero attached hydrogens (tertiary/aromatic N) is 1. The molecule has 1 aromatic rings. The maximum absolute atomic E-state index is 12.1. The van der Waals surface area contributed by atoms with Gasteiger partial charge in [-0.3, -0.25) is 0 Å². The number of carbonyl (C=O) groups excluding carboxylic acids is 1. The van der Waals surface area contributed by atoms with E-state index in [4.69, 9.17) is 4.74 Å². The van der Waals surface area contributed by atoms with Crippen molar-refractivity contribution in [2.24, 2.45) is 0 Å². The second-order valence-electron chi connectivity index (χ2n) is 5.87. The number of quaternary nitrogens is 1. The largest absolute Gasteiger partial charge is 0.453 e. The van der Waals surface area contributed by atoms with E-state index in [1.807, 2.05) is 25.1 Å². The second kappa shape index (κ2) is 8.83. The molecule has 21 heavy (non-hydrogen) atoms. The van der Waals surface area contributed by atoms with E-state index in [1.54, 1.807) is 12.1 Å². The van der Waals surface area contributed by atoms with Crippen LogP contribution >= 0.6 is 0 Å². The Balaban J connectivity index is 2.65. The Morgan fingerprint density at radius 3 is 2.14 bits per heavy atom. The van der Waals surface area contributed by atoms with E-state index in [2.05, 4.69) is 20.8 Å². The number of likely N-dealkylation sites (N-methyl/N-ethyl adjacent to an activating group) is 1. The molecule has 0 saturated carbocycles. The van der Waals surface area contributed by atoms with Gasteiger partial charge in [0.15, 0.2) is 0 Å². The number of carbonyl (C=O) groups is 1. The standard InChI is InChI=1S/C18H30NO2/c1-5-13-19(7-3,14-6-2)15-16(4)21-18(20)17-11-9-8-10-12-17/h8-12,16H,5-7,13-15H2,1-4H3/q+1. The van der Waals surface area contributed by atoms with Gasteiger partial charge in [-0.05, 0) is 38.8 Å². The summed E-state index contributed by atoms with van der Waals surface area (Å²) in [5.41, 5.74) is 0.630. The van der Waals surface area contributed by atoms with Crippen LogP contribution < -0.4 is 0 Å². The lowest BCUT2D eigenvalue weighted by Crippen LogP contribution is -2.53. The van der Waals surface area contributed by atoms with Crippen LogP contribution in [0.3, 0.4) is 0 Å². The van der Waals surface area contributed by atoms with E-state index < -0.39 is 0 Å². The van der Waals surface area contributed by atoms with Gasteiger partial charge in [0.05, 0.1) is 25.2 Å². The molecular formula is C18H30NO2+. The highest BCUT2D eigenvalue weighted by Crippen LogP contribution is 2.14. The van der Waals surface area contributed by atoms with Gasteiger partial charge in [0, 0.05) is 0 Å². The van der Waals surface area contributed by atoms with Crippen LogP contribution in [0.4, 0.5) is 0 Å². The minimum Gasteiger partial charge on any atom is -0.453 e. The van der Waals surface area contributed by atoms with E-state index in [9.17, 15) is 4.79 Å². The Bertz CT molecular complexity index is 410. The number of esters is 1. The molecule has 118 valence electrons. The van der Waals surface area contributed by atoms with Crippen LogP contribution in [0.2, 0.25) is 0 Å². The quantitative estimate of drug-likeness (QED) is 0.510. The Kier molecular flexibility index (Phi) is 7.44. The molecule has 0 aliphatic rings. The van der Waals surface area contributed by atoms with Crippen molar-refractivity contribution in [3.05, 3.63) is 35.9 Å². The molecule has 0 radical (unpaired) electrons. The summed E-state index contributed by atoms with van der Waals surface area (Å²) >= 11 is 0. The summed E-state index contributed by atoms with van der Waals surface area (Å²) in [6.45, 7) is 13.0. The molecule has 1 aromatic carbocycles. The molecule has 0 aromatic heterocycles. The van der Waals surface area contributed by atoms with E-state index in [1.165, 1.54) is 0 Å². The van der Waals surface area contributed by atoms with Crippen LogP contribution in [0.25, 0.3) is 0 Å². The zero-order valence-corrected chi connectivity index (χ0v) is 14.0. The molecule has 1 unspecified atom stereocenters. The van der Waals surface area contributed by atoms with Gasteiger partial charge < -0.3 is 9.22 Å². The Morgan fingerprint density at radius 2 is 1.67 bits per heavy atom. The number of hydrogen-bond donors (Lipinski definition) is 0. The highest BCUT2D eigenvalue weighted by molar-refractivity contribution is 5.89. The minimum atomic E-state index is -0.217. The highest BCUT2D eigenvalue weighted by atomic mass is 16.5. The monoisotopic (exact) mass is 292 g/mol. The van der Waals surface area contributed by atoms with Gasteiger partial charge in [0.2, 0.25) is 0 Å². The van der Waals surface area contributed by atoms with Crippen LogP contribution in [0.1, 0.15) is 50.9 Å². The van der Waals surface area contributed by atoms with E-state index >= 15 is 0 Å².